The van der Waals surface area contributed by atoms with E-state index in [1.165, 1.54) is 6.92 Å². The zero-order chi connectivity index (χ0) is 10.4. The van der Waals surface area contributed by atoms with E-state index in [0.717, 1.165) is 5.56 Å². The monoisotopic (exact) mass is 192 g/mol. The van der Waals surface area contributed by atoms with Crippen molar-refractivity contribution in [2.45, 2.75) is 6.92 Å². The number of hydrogen-bond donors (Lipinski definition) is 2. The molecule has 0 radical (unpaired) electrons. The maximum absolute atomic E-state index is 10.7. The molecule has 0 aliphatic heterocycles. The van der Waals surface area contributed by atoms with Crippen LogP contribution in [0.15, 0.2) is 30.2 Å². The number of aliphatic hydroxyl groups is 1. The van der Waals surface area contributed by atoms with Crippen molar-refractivity contribution in [2.75, 3.05) is 6.61 Å². The average molecular weight is 192 g/mol. The number of hydrogen-bond acceptors (Lipinski definition) is 3. The first-order valence-electron chi connectivity index (χ1n) is 4.21. The van der Waals surface area contributed by atoms with Crippen molar-refractivity contribution in [3.8, 4) is 0 Å². The smallest absolute Gasteiger partial charge is 0.221 e. The molecule has 1 aromatic rings. The highest BCUT2D eigenvalue weighted by Crippen LogP contribution is 2.02. The summed E-state index contributed by atoms with van der Waals surface area (Å²) in [5, 5.41) is 11.5. The van der Waals surface area contributed by atoms with Gasteiger partial charge in [0.2, 0.25) is 5.91 Å². The van der Waals surface area contributed by atoms with Crippen LogP contribution in [0.1, 0.15) is 12.5 Å². The van der Waals surface area contributed by atoms with Crippen LogP contribution in [-0.4, -0.2) is 22.6 Å². The van der Waals surface area contributed by atoms with Crippen molar-refractivity contribution >= 4 is 12.0 Å². The molecular formula is C10H12N2O2. The van der Waals surface area contributed by atoms with E-state index >= 15 is 0 Å². The minimum absolute atomic E-state index is 0.200. The molecular weight excluding hydrogens is 180 g/mol. The Morgan fingerprint density at radius 1 is 1.71 bits per heavy atom. The van der Waals surface area contributed by atoms with E-state index in [2.05, 4.69) is 10.3 Å². The first-order valence-corrected chi connectivity index (χ1v) is 4.21. The Hall–Kier alpha value is -1.68. The number of pyridine rings is 1. The van der Waals surface area contributed by atoms with Crippen molar-refractivity contribution in [3.63, 3.8) is 0 Å². The lowest BCUT2D eigenvalue weighted by Crippen LogP contribution is -2.21. The molecule has 1 aromatic heterocycles. The second kappa shape index (κ2) is 5.14. The van der Waals surface area contributed by atoms with Gasteiger partial charge in [0.05, 0.1) is 6.61 Å². The van der Waals surface area contributed by atoms with Crippen molar-refractivity contribution in [1.82, 2.24) is 10.3 Å². The van der Waals surface area contributed by atoms with Gasteiger partial charge in [-0.1, -0.05) is 6.07 Å². The van der Waals surface area contributed by atoms with E-state index in [-0.39, 0.29) is 12.5 Å². The van der Waals surface area contributed by atoms with Gasteiger partial charge in [0.25, 0.3) is 0 Å². The van der Waals surface area contributed by atoms with Gasteiger partial charge in [-0.3, -0.25) is 9.78 Å². The Morgan fingerprint density at radius 2 is 2.50 bits per heavy atom. The molecule has 4 heteroatoms. The van der Waals surface area contributed by atoms with Gasteiger partial charge in [-0.2, -0.15) is 0 Å². The van der Waals surface area contributed by atoms with Crippen molar-refractivity contribution < 1.29 is 9.90 Å². The molecule has 74 valence electrons. The van der Waals surface area contributed by atoms with Crippen LogP contribution in [0, 0.1) is 0 Å². The van der Waals surface area contributed by atoms with Gasteiger partial charge in [0, 0.05) is 25.0 Å². The molecule has 0 unspecified atom stereocenters. The molecule has 0 aromatic carbocycles. The van der Waals surface area contributed by atoms with E-state index in [9.17, 15) is 4.79 Å². The van der Waals surface area contributed by atoms with E-state index < -0.39 is 0 Å². The zero-order valence-corrected chi connectivity index (χ0v) is 7.90. The fourth-order valence-corrected chi connectivity index (χ4v) is 1.01. The van der Waals surface area contributed by atoms with Crippen LogP contribution in [0.5, 0.6) is 0 Å². The summed E-state index contributed by atoms with van der Waals surface area (Å²) in [6, 6.07) is 3.62. The van der Waals surface area contributed by atoms with Gasteiger partial charge in [0.1, 0.15) is 0 Å². The predicted molar refractivity (Wildman–Crippen MR) is 53.1 cm³/mol. The summed E-state index contributed by atoms with van der Waals surface area (Å²) in [6.07, 6.45) is 4.99. The van der Waals surface area contributed by atoms with Gasteiger partial charge in [-0.15, -0.1) is 0 Å². The Bertz CT molecular complexity index is 333. The number of aliphatic hydroxyl groups excluding tert-OH is 1. The third kappa shape index (κ3) is 3.37. The van der Waals surface area contributed by atoms with Crippen LogP contribution >= 0.6 is 0 Å². The fourth-order valence-electron chi connectivity index (χ4n) is 1.01. The lowest BCUT2D eigenvalue weighted by molar-refractivity contribution is -0.118. The summed E-state index contributed by atoms with van der Waals surface area (Å²) < 4.78 is 0. The maximum Gasteiger partial charge on any atom is 0.221 e. The molecule has 2 N–H and O–H groups in total. The first kappa shape index (κ1) is 10.4. The van der Waals surface area contributed by atoms with E-state index in [4.69, 9.17) is 5.11 Å². The van der Waals surface area contributed by atoms with Crippen molar-refractivity contribution in [3.05, 3.63) is 35.8 Å². The Kier molecular flexibility index (Phi) is 3.82. The van der Waals surface area contributed by atoms with E-state index in [1.54, 1.807) is 24.5 Å². The van der Waals surface area contributed by atoms with Crippen LogP contribution in [0.25, 0.3) is 6.08 Å². The highest BCUT2D eigenvalue weighted by atomic mass is 16.3. The summed E-state index contributed by atoms with van der Waals surface area (Å²) in [5.74, 6) is -0.200. The molecule has 1 amide bonds. The molecule has 14 heavy (non-hydrogen) atoms. The largest absolute Gasteiger partial charge is 0.390 e. The number of carbonyl (C=O) groups is 1. The number of carbonyl (C=O) groups excluding carboxylic acids is 1. The second-order valence-corrected chi connectivity index (χ2v) is 2.80. The third-order valence-corrected chi connectivity index (χ3v) is 1.53. The maximum atomic E-state index is 10.7. The van der Waals surface area contributed by atoms with E-state index in [0.29, 0.717) is 5.70 Å². The molecule has 0 saturated carbocycles. The van der Waals surface area contributed by atoms with Gasteiger partial charge in [-0.25, -0.2) is 0 Å². The Labute approximate surface area is 82.3 Å². The molecule has 0 bridgehead atoms. The zero-order valence-electron chi connectivity index (χ0n) is 7.90. The molecule has 0 aliphatic rings. The SMILES string of the molecule is CC(=O)N/C(=C\c1cccnc1)CO. The quantitative estimate of drug-likeness (QED) is 0.735. The highest BCUT2D eigenvalue weighted by Gasteiger charge is 1.97. The van der Waals surface area contributed by atoms with Gasteiger partial charge < -0.3 is 10.4 Å². The molecule has 0 spiro atoms. The summed E-state index contributed by atoms with van der Waals surface area (Å²) in [6.45, 7) is 1.20. The molecule has 4 nitrogen and oxygen atoms in total. The normalized spacial score (nSPS) is 11.1. The predicted octanol–water partition coefficient (Wildman–Crippen LogP) is 0.551. The Morgan fingerprint density at radius 3 is 3.00 bits per heavy atom. The summed E-state index contributed by atoms with van der Waals surface area (Å²) in [5.41, 5.74) is 1.30. The molecule has 1 rings (SSSR count). The van der Waals surface area contributed by atoms with Crippen molar-refractivity contribution in [1.29, 1.82) is 0 Å². The molecule has 0 atom stereocenters. The number of amides is 1. The second-order valence-electron chi connectivity index (χ2n) is 2.80. The number of aromatic nitrogens is 1. The first-order chi connectivity index (χ1) is 6.72. The minimum atomic E-state index is -0.200. The summed E-state index contributed by atoms with van der Waals surface area (Å²) in [4.78, 5) is 14.6. The minimum Gasteiger partial charge on any atom is -0.390 e. The molecule has 0 saturated heterocycles. The molecule has 0 aliphatic carbocycles. The lowest BCUT2D eigenvalue weighted by atomic mass is 10.2. The van der Waals surface area contributed by atoms with Gasteiger partial charge in [-0.05, 0) is 17.7 Å². The average Bonchev–Trinajstić information content (AvgIpc) is 2.17. The van der Waals surface area contributed by atoms with E-state index in [1.807, 2.05) is 6.07 Å². The van der Waals surface area contributed by atoms with Crippen LogP contribution in [0.3, 0.4) is 0 Å². The lowest BCUT2D eigenvalue weighted by Gasteiger charge is -2.03. The number of nitrogens with one attached hydrogen (secondary N) is 1. The summed E-state index contributed by atoms with van der Waals surface area (Å²) >= 11 is 0. The highest BCUT2D eigenvalue weighted by molar-refractivity contribution is 5.76. The van der Waals surface area contributed by atoms with Crippen LogP contribution < -0.4 is 5.32 Å². The molecule has 0 fully saturated rings. The summed E-state index contributed by atoms with van der Waals surface area (Å²) in [7, 11) is 0. The number of nitrogens with zero attached hydrogens (tertiary/aromatic N) is 1. The number of rotatable bonds is 3. The van der Waals surface area contributed by atoms with Gasteiger partial charge >= 0.3 is 0 Å². The molecule has 1 heterocycles. The topological polar surface area (TPSA) is 62.2 Å². The van der Waals surface area contributed by atoms with Gasteiger partial charge in [0.15, 0.2) is 0 Å². The fraction of sp³-hybridized carbons (Fsp3) is 0.200. The van der Waals surface area contributed by atoms with Crippen LogP contribution in [-0.2, 0) is 4.79 Å². The van der Waals surface area contributed by atoms with Crippen LogP contribution in [0.2, 0.25) is 0 Å². The Balaban J connectivity index is 2.78. The van der Waals surface area contributed by atoms with Crippen LogP contribution in [0.4, 0.5) is 0 Å². The third-order valence-electron chi connectivity index (χ3n) is 1.53. The standard InChI is InChI=1S/C10H12N2O2/c1-8(14)12-10(7-13)5-9-3-2-4-11-6-9/h2-6,13H,7H2,1H3,(H,12,14)/b10-5-. The van der Waals surface area contributed by atoms with Crippen molar-refractivity contribution in [2.24, 2.45) is 0 Å².